The molecule has 0 saturated heterocycles. The first-order chi connectivity index (χ1) is 7.42. The van der Waals surface area contributed by atoms with E-state index >= 15 is 0 Å². The van der Waals surface area contributed by atoms with Crippen molar-refractivity contribution >= 4 is 0 Å². The molecule has 1 aromatic rings. The summed E-state index contributed by atoms with van der Waals surface area (Å²) in [5.41, 5.74) is 2.81. The van der Waals surface area contributed by atoms with Gasteiger partial charge >= 0.3 is 0 Å². The molecule has 2 nitrogen and oxygen atoms in total. The Kier molecular flexibility index (Phi) is 3.73. The van der Waals surface area contributed by atoms with E-state index in [-0.39, 0.29) is 0 Å². The highest BCUT2D eigenvalue weighted by Crippen LogP contribution is 2.28. The molecule has 0 fully saturated rings. The molecule has 0 saturated carbocycles. The molecule has 15 heavy (non-hydrogen) atoms. The molecular formula is C13H20N2. The van der Waals surface area contributed by atoms with Crippen LogP contribution >= 0.6 is 0 Å². The number of hydrogen-bond acceptors (Lipinski definition) is 2. The molecule has 82 valence electrons. The van der Waals surface area contributed by atoms with Crippen molar-refractivity contribution in [2.45, 2.75) is 38.5 Å². The average Bonchev–Trinajstić information content (AvgIpc) is 2.30. The molecule has 0 bridgehead atoms. The van der Waals surface area contributed by atoms with E-state index < -0.39 is 0 Å². The van der Waals surface area contributed by atoms with Crippen LogP contribution in [0.15, 0.2) is 18.3 Å². The van der Waals surface area contributed by atoms with Gasteiger partial charge in [-0.2, -0.15) is 0 Å². The highest BCUT2D eigenvalue weighted by Gasteiger charge is 2.20. The SMILES string of the molecule is CCCNCC1CCCc2cccnc21. The fraction of sp³-hybridized carbons (Fsp3) is 0.615. The molecule has 0 amide bonds. The van der Waals surface area contributed by atoms with Crippen molar-refractivity contribution in [1.82, 2.24) is 10.3 Å². The molecule has 1 atom stereocenters. The van der Waals surface area contributed by atoms with E-state index in [1.165, 1.54) is 36.9 Å². The molecule has 2 rings (SSSR count). The number of aryl methyl sites for hydroxylation is 1. The van der Waals surface area contributed by atoms with Crippen molar-refractivity contribution in [2.24, 2.45) is 0 Å². The first-order valence-corrected chi connectivity index (χ1v) is 6.06. The van der Waals surface area contributed by atoms with Crippen LogP contribution in [-0.2, 0) is 6.42 Å². The van der Waals surface area contributed by atoms with Crippen LogP contribution in [0, 0.1) is 0 Å². The third kappa shape index (κ3) is 2.57. The van der Waals surface area contributed by atoms with Crippen LogP contribution in [0.2, 0.25) is 0 Å². The number of fused-ring (bicyclic) bond motifs is 1. The Morgan fingerprint density at radius 3 is 3.33 bits per heavy atom. The number of hydrogen-bond donors (Lipinski definition) is 1. The Bertz CT molecular complexity index is 309. The summed E-state index contributed by atoms with van der Waals surface area (Å²) in [7, 11) is 0. The maximum Gasteiger partial charge on any atom is 0.0479 e. The van der Waals surface area contributed by atoms with Gasteiger partial charge in [0, 0.05) is 24.4 Å². The second-order valence-corrected chi connectivity index (χ2v) is 4.34. The molecule has 0 spiro atoms. The summed E-state index contributed by atoms with van der Waals surface area (Å²) >= 11 is 0. The maximum absolute atomic E-state index is 4.54. The lowest BCUT2D eigenvalue weighted by molar-refractivity contribution is 0.496. The van der Waals surface area contributed by atoms with Crippen molar-refractivity contribution in [3.05, 3.63) is 29.6 Å². The molecule has 1 aliphatic rings. The maximum atomic E-state index is 4.54. The van der Waals surface area contributed by atoms with Gasteiger partial charge in [0.1, 0.15) is 0 Å². The Balaban J connectivity index is 2.02. The van der Waals surface area contributed by atoms with E-state index in [0.29, 0.717) is 5.92 Å². The van der Waals surface area contributed by atoms with E-state index in [4.69, 9.17) is 0 Å². The van der Waals surface area contributed by atoms with Crippen molar-refractivity contribution in [3.8, 4) is 0 Å². The smallest absolute Gasteiger partial charge is 0.0479 e. The third-order valence-electron chi connectivity index (χ3n) is 3.13. The topological polar surface area (TPSA) is 24.9 Å². The third-order valence-corrected chi connectivity index (χ3v) is 3.13. The van der Waals surface area contributed by atoms with Gasteiger partial charge in [-0.15, -0.1) is 0 Å². The molecule has 0 aromatic carbocycles. The first kappa shape index (κ1) is 10.6. The number of pyridine rings is 1. The lowest BCUT2D eigenvalue weighted by atomic mass is 9.86. The zero-order valence-electron chi connectivity index (χ0n) is 9.50. The summed E-state index contributed by atoms with van der Waals surface area (Å²) in [5.74, 6) is 0.640. The van der Waals surface area contributed by atoms with Crippen LogP contribution in [0.5, 0.6) is 0 Å². The highest BCUT2D eigenvalue weighted by atomic mass is 14.9. The van der Waals surface area contributed by atoms with E-state index in [2.05, 4.69) is 29.4 Å². The summed E-state index contributed by atoms with van der Waals surface area (Å²) < 4.78 is 0. The minimum atomic E-state index is 0.640. The molecule has 1 aromatic heterocycles. The lowest BCUT2D eigenvalue weighted by Gasteiger charge is -2.24. The van der Waals surface area contributed by atoms with Crippen molar-refractivity contribution in [3.63, 3.8) is 0 Å². The number of nitrogens with one attached hydrogen (secondary N) is 1. The van der Waals surface area contributed by atoms with Gasteiger partial charge in [0.15, 0.2) is 0 Å². The summed E-state index contributed by atoms with van der Waals surface area (Å²) in [6.07, 6.45) is 6.96. The summed E-state index contributed by atoms with van der Waals surface area (Å²) in [6.45, 7) is 4.43. The predicted octanol–water partition coefficient (Wildman–Crippen LogP) is 2.50. The molecule has 1 unspecified atom stereocenters. The second kappa shape index (κ2) is 5.26. The molecule has 0 radical (unpaired) electrons. The van der Waals surface area contributed by atoms with Gasteiger partial charge in [-0.3, -0.25) is 4.98 Å². The largest absolute Gasteiger partial charge is 0.316 e. The van der Waals surface area contributed by atoms with E-state index in [1.807, 2.05) is 6.20 Å². The fourth-order valence-corrected chi connectivity index (χ4v) is 2.36. The Morgan fingerprint density at radius 1 is 1.53 bits per heavy atom. The van der Waals surface area contributed by atoms with Gasteiger partial charge in [-0.05, 0) is 43.9 Å². The zero-order chi connectivity index (χ0) is 10.5. The molecule has 1 heterocycles. The number of nitrogens with zero attached hydrogens (tertiary/aromatic N) is 1. The van der Waals surface area contributed by atoms with Gasteiger partial charge < -0.3 is 5.32 Å². The van der Waals surface area contributed by atoms with Crippen LogP contribution < -0.4 is 5.32 Å². The quantitative estimate of drug-likeness (QED) is 0.762. The molecule has 0 aliphatic heterocycles. The summed E-state index contributed by atoms with van der Waals surface area (Å²) in [4.78, 5) is 4.54. The lowest BCUT2D eigenvalue weighted by Crippen LogP contribution is -2.25. The van der Waals surface area contributed by atoms with E-state index in [1.54, 1.807) is 0 Å². The van der Waals surface area contributed by atoms with Crippen molar-refractivity contribution in [1.29, 1.82) is 0 Å². The van der Waals surface area contributed by atoms with Gasteiger partial charge in [-0.1, -0.05) is 13.0 Å². The molecule has 1 N–H and O–H groups in total. The summed E-state index contributed by atoms with van der Waals surface area (Å²) in [5, 5.41) is 3.51. The van der Waals surface area contributed by atoms with Gasteiger partial charge in [-0.25, -0.2) is 0 Å². The van der Waals surface area contributed by atoms with Crippen LogP contribution in [-0.4, -0.2) is 18.1 Å². The van der Waals surface area contributed by atoms with Crippen LogP contribution in [0.1, 0.15) is 43.4 Å². The normalized spacial score (nSPS) is 19.9. The Hall–Kier alpha value is -0.890. The van der Waals surface area contributed by atoms with Crippen LogP contribution in [0.4, 0.5) is 0 Å². The minimum absolute atomic E-state index is 0.640. The molecular weight excluding hydrogens is 184 g/mol. The van der Waals surface area contributed by atoms with E-state index in [9.17, 15) is 0 Å². The standard InChI is InChI=1S/C13H20N2/c1-2-8-14-10-12-6-3-5-11-7-4-9-15-13(11)12/h4,7,9,12,14H,2-3,5-6,8,10H2,1H3. The van der Waals surface area contributed by atoms with Crippen LogP contribution in [0.3, 0.4) is 0 Å². The second-order valence-electron chi connectivity index (χ2n) is 4.34. The zero-order valence-corrected chi connectivity index (χ0v) is 9.50. The van der Waals surface area contributed by atoms with Crippen LogP contribution in [0.25, 0.3) is 0 Å². The highest BCUT2D eigenvalue weighted by molar-refractivity contribution is 5.26. The molecule has 2 heteroatoms. The predicted molar refractivity (Wildman–Crippen MR) is 63.1 cm³/mol. The number of rotatable bonds is 4. The summed E-state index contributed by atoms with van der Waals surface area (Å²) in [6, 6.07) is 4.29. The van der Waals surface area contributed by atoms with Gasteiger partial charge in [0.25, 0.3) is 0 Å². The number of aromatic nitrogens is 1. The minimum Gasteiger partial charge on any atom is -0.316 e. The van der Waals surface area contributed by atoms with Crippen molar-refractivity contribution < 1.29 is 0 Å². The van der Waals surface area contributed by atoms with Crippen molar-refractivity contribution in [2.75, 3.05) is 13.1 Å². The fourth-order valence-electron chi connectivity index (χ4n) is 2.36. The monoisotopic (exact) mass is 204 g/mol. The van der Waals surface area contributed by atoms with E-state index in [0.717, 1.165) is 13.1 Å². The van der Waals surface area contributed by atoms with Gasteiger partial charge in [0.2, 0.25) is 0 Å². The average molecular weight is 204 g/mol. The molecule has 1 aliphatic carbocycles. The Morgan fingerprint density at radius 2 is 2.47 bits per heavy atom. The first-order valence-electron chi connectivity index (χ1n) is 6.06. The van der Waals surface area contributed by atoms with Gasteiger partial charge in [0.05, 0.1) is 0 Å². The Labute approximate surface area is 92.1 Å².